The summed E-state index contributed by atoms with van der Waals surface area (Å²) in [6, 6.07) is 32.2. The lowest BCUT2D eigenvalue weighted by molar-refractivity contribution is -0.550. The molecule has 0 aliphatic heterocycles. The van der Waals surface area contributed by atoms with Crippen LogP contribution in [0, 0.1) is 6.92 Å². The van der Waals surface area contributed by atoms with Crippen molar-refractivity contribution in [3.8, 4) is 17.0 Å². The molecule has 0 saturated carbocycles. The molecule has 154 valence electrons. The molecule has 0 amide bonds. The van der Waals surface area contributed by atoms with Gasteiger partial charge in [0, 0.05) is 33.6 Å². The van der Waals surface area contributed by atoms with E-state index >= 15 is 0 Å². The lowest BCUT2D eigenvalue weighted by Gasteiger charge is -2.10. The summed E-state index contributed by atoms with van der Waals surface area (Å²) in [6.45, 7) is 4.78. The number of benzene rings is 4. The van der Waals surface area contributed by atoms with Gasteiger partial charge in [-0.2, -0.15) is 0 Å². The van der Waals surface area contributed by atoms with Crippen molar-refractivity contribution in [2.45, 2.75) is 13.8 Å². The van der Waals surface area contributed by atoms with Crippen LogP contribution in [0.2, 0.25) is 0 Å². The van der Waals surface area contributed by atoms with Gasteiger partial charge in [-0.05, 0) is 71.6 Å². The third kappa shape index (κ3) is 2.89. The van der Waals surface area contributed by atoms with Gasteiger partial charge in [-0.15, -0.1) is 0 Å². The molecule has 2 aromatic heterocycles. The molecule has 0 aliphatic carbocycles. The maximum atomic E-state index is 5.67. The summed E-state index contributed by atoms with van der Waals surface area (Å²) in [6.07, 6.45) is 0. The number of nitrogens with zero attached hydrogens (tertiary/aromatic N) is 2. The van der Waals surface area contributed by atoms with Crippen LogP contribution in [0.15, 0.2) is 91.0 Å². The van der Waals surface area contributed by atoms with E-state index in [9.17, 15) is 0 Å². The second-order valence-electron chi connectivity index (χ2n) is 8.21. The molecule has 4 aromatic carbocycles. The van der Waals surface area contributed by atoms with Crippen LogP contribution in [0.5, 0.6) is 5.75 Å². The molecule has 0 spiro atoms. The van der Waals surface area contributed by atoms with Crippen molar-refractivity contribution >= 4 is 38.0 Å². The smallest absolute Gasteiger partial charge is 0.246 e. The third-order valence-electron chi connectivity index (χ3n) is 6.14. The summed E-state index contributed by atoms with van der Waals surface area (Å²) in [4.78, 5) is 0. The minimum absolute atomic E-state index is 0.655. The highest BCUT2D eigenvalue weighted by Gasteiger charge is 2.21. The van der Waals surface area contributed by atoms with E-state index < -0.39 is 0 Å². The van der Waals surface area contributed by atoms with Crippen LogP contribution in [-0.4, -0.2) is 11.7 Å². The maximum Gasteiger partial charge on any atom is 0.246 e. The molecule has 0 fully saturated rings. The minimum atomic E-state index is 0.655. The van der Waals surface area contributed by atoms with Crippen molar-refractivity contribution in [3.63, 3.8) is 0 Å². The topological polar surface area (TPSA) is 26.2 Å². The Morgan fingerprint density at radius 1 is 0.750 bits per heavy atom. The summed E-state index contributed by atoms with van der Waals surface area (Å²) in [7, 11) is 0. The Labute approximate surface area is 186 Å². The Balaban J connectivity index is 1.77. The number of hydrogen-bond donors (Lipinski definition) is 0. The summed E-state index contributed by atoms with van der Waals surface area (Å²) in [5.74, 6) is 0.875. The Kier molecular flexibility index (Phi) is 4.29. The van der Waals surface area contributed by atoms with Gasteiger partial charge in [-0.3, -0.25) is 0 Å². The molecular weight excluding hydrogens is 392 g/mol. The van der Waals surface area contributed by atoms with E-state index in [1.54, 1.807) is 0 Å². The third-order valence-corrected chi connectivity index (χ3v) is 6.14. The van der Waals surface area contributed by atoms with Gasteiger partial charge < -0.3 is 4.74 Å². The highest BCUT2D eigenvalue weighted by atomic mass is 16.5. The average Bonchev–Trinajstić information content (AvgIpc) is 2.83. The number of fused-ring (bicyclic) bond motifs is 7. The zero-order chi connectivity index (χ0) is 21.7. The first-order valence-corrected chi connectivity index (χ1v) is 11.0. The Hall–Kier alpha value is -3.98. The number of ether oxygens (including phenoxy) is 1. The fourth-order valence-electron chi connectivity index (χ4n) is 4.65. The quantitative estimate of drug-likeness (QED) is 0.239. The molecule has 6 aromatic rings. The van der Waals surface area contributed by atoms with Gasteiger partial charge in [0.15, 0.2) is 0 Å². The van der Waals surface area contributed by atoms with Crippen molar-refractivity contribution in [1.82, 2.24) is 5.10 Å². The first kappa shape index (κ1) is 18.8. The summed E-state index contributed by atoms with van der Waals surface area (Å²) < 4.78 is 7.76. The van der Waals surface area contributed by atoms with Gasteiger partial charge in [0.05, 0.1) is 12.0 Å². The predicted molar refractivity (Wildman–Crippen MR) is 131 cm³/mol. The first-order chi connectivity index (χ1) is 15.7. The lowest BCUT2D eigenvalue weighted by atomic mass is 9.97. The summed E-state index contributed by atoms with van der Waals surface area (Å²) >= 11 is 0. The van der Waals surface area contributed by atoms with Crippen molar-refractivity contribution in [2.24, 2.45) is 0 Å². The molecule has 0 saturated heterocycles. The molecule has 3 nitrogen and oxygen atoms in total. The SMILES string of the molecule is CCOc1ccc(-c2n[n+]3c4ccc(C)cc4ccc3c3ccc4ccccc4c23)cc1. The number of aryl methyl sites for hydroxylation is 1. The lowest BCUT2D eigenvalue weighted by Crippen LogP contribution is -2.29. The minimum Gasteiger partial charge on any atom is -0.494 e. The maximum absolute atomic E-state index is 5.67. The van der Waals surface area contributed by atoms with Gasteiger partial charge in [0.1, 0.15) is 11.4 Å². The van der Waals surface area contributed by atoms with E-state index in [2.05, 4.69) is 90.3 Å². The second-order valence-corrected chi connectivity index (χ2v) is 8.21. The molecule has 0 bridgehead atoms. The van der Waals surface area contributed by atoms with Crippen LogP contribution in [0.25, 0.3) is 49.2 Å². The summed E-state index contributed by atoms with van der Waals surface area (Å²) in [5.41, 5.74) is 5.52. The van der Waals surface area contributed by atoms with Gasteiger partial charge >= 0.3 is 0 Å². The van der Waals surface area contributed by atoms with E-state index in [4.69, 9.17) is 9.84 Å². The van der Waals surface area contributed by atoms with Crippen LogP contribution in [0.3, 0.4) is 0 Å². The van der Waals surface area contributed by atoms with E-state index in [1.807, 2.05) is 19.1 Å². The molecule has 0 atom stereocenters. The zero-order valence-corrected chi connectivity index (χ0v) is 18.2. The van der Waals surface area contributed by atoms with E-state index in [1.165, 1.54) is 32.5 Å². The highest BCUT2D eigenvalue weighted by molar-refractivity contribution is 6.16. The predicted octanol–water partition coefficient (Wildman–Crippen LogP) is 6.65. The van der Waals surface area contributed by atoms with Gasteiger partial charge in [0.25, 0.3) is 0 Å². The fraction of sp³-hybridized carbons (Fsp3) is 0.103. The van der Waals surface area contributed by atoms with E-state index in [0.29, 0.717) is 6.61 Å². The number of aromatic nitrogens is 2. The summed E-state index contributed by atoms with van der Waals surface area (Å²) in [5, 5.41) is 11.2. The van der Waals surface area contributed by atoms with Crippen LogP contribution >= 0.6 is 0 Å². The van der Waals surface area contributed by atoms with Crippen molar-refractivity contribution in [3.05, 3.63) is 96.6 Å². The van der Waals surface area contributed by atoms with E-state index in [0.717, 1.165) is 28.0 Å². The van der Waals surface area contributed by atoms with Gasteiger partial charge in [-0.1, -0.05) is 42.0 Å². The largest absolute Gasteiger partial charge is 0.494 e. The monoisotopic (exact) mass is 415 g/mol. The van der Waals surface area contributed by atoms with Crippen LogP contribution in [-0.2, 0) is 0 Å². The highest BCUT2D eigenvalue weighted by Crippen LogP contribution is 2.35. The molecule has 0 unspecified atom stereocenters. The molecule has 3 heteroatoms. The zero-order valence-electron chi connectivity index (χ0n) is 18.2. The number of rotatable bonds is 3. The number of pyridine rings is 1. The van der Waals surface area contributed by atoms with Gasteiger partial charge in [0.2, 0.25) is 11.0 Å². The first-order valence-electron chi connectivity index (χ1n) is 11.0. The Morgan fingerprint density at radius 3 is 2.38 bits per heavy atom. The molecule has 0 N–H and O–H groups in total. The average molecular weight is 416 g/mol. The van der Waals surface area contributed by atoms with Crippen LogP contribution < -0.4 is 9.25 Å². The van der Waals surface area contributed by atoms with Crippen molar-refractivity contribution in [2.75, 3.05) is 6.61 Å². The van der Waals surface area contributed by atoms with Crippen LogP contribution in [0.4, 0.5) is 0 Å². The Morgan fingerprint density at radius 2 is 1.53 bits per heavy atom. The molecule has 0 radical (unpaired) electrons. The van der Waals surface area contributed by atoms with Crippen molar-refractivity contribution < 1.29 is 9.25 Å². The van der Waals surface area contributed by atoms with Gasteiger partial charge in [-0.25, -0.2) is 0 Å². The molecular formula is C29H23N2O+. The molecule has 0 aliphatic rings. The molecule has 32 heavy (non-hydrogen) atoms. The molecule has 6 rings (SSSR count). The molecule has 2 heterocycles. The van der Waals surface area contributed by atoms with E-state index in [-0.39, 0.29) is 0 Å². The standard InChI is InChI=1S/C29H23N2O/c1-3-32-23-13-9-21(10-14-23)29-28-24-7-5-4-6-20(24)11-15-25(28)27-17-12-22-18-19(2)8-16-26(22)31(27)30-29/h4-18H,3H2,1-2H3/q+1. The fourth-order valence-corrected chi connectivity index (χ4v) is 4.65. The van der Waals surface area contributed by atoms with Crippen molar-refractivity contribution in [1.29, 1.82) is 0 Å². The normalized spacial score (nSPS) is 11.6. The number of hydrogen-bond acceptors (Lipinski definition) is 2. The van der Waals surface area contributed by atoms with Crippen LogP contribution in [0.1, 0.15) is 12.5 Å². The second kappa shape index (κ2) is 7.31. The Bertz CT molecular complexity index is 1640.